The molecule has 1 heterocycles. The minimum atomic E-state index is 0.152. The Balaban J connectivity index is 2.23. The molecule has 0 aromatic rings. The van der Waals surface area contributed by atoms with Crippen molar-refractivity contribution < 1.29 is 4.79 Å². The first-order chi connectivity index (χ1) is 8.88. The molecule has 0 saturated carbocycles. The lowest BCUT2D eigenvalue weighted by molar-refractivity contribution is -0.123. The fourth-order valence-corrected chi connectivity index (χ4v) is 2.57. The Morgan fingerprint density at radius 2 is 2.05 bits per heavy atom. The van der Waals surface area contributed by atoms with Gasteiger partial charge in [0.05, 0.1) is 6.54 Å². The summed E-state index contributed by atoms with van der Waals surface area (Å²) in [4.78, 5) is 14.2. The lowest BCUT2D eigenvalue weighted by atomic mass is 9.95. The van der Waals surface area contributed by atoms with E-state index in [-0.39, 0.29) is 11.9 Å². The van der Waals surface area contributed by atoms with Gasteiger partial charge < -0.3 is 11.1 Å². The number of rotatable bonds is 6. The number of nitrogens with zero attached hydrogens (tertiary/aromatic N) is 1. The molecule has 112 valence electrons. The van der Waals surface area contributed by atoms with Crippen LogP contribution in [0.25, 0.3) is 0 Å². The van der Waals surface area contributed by atoms with Crippen molar-refractivity contribution in [1.29, 1.82) is 0 Å². The summed E-state index contributed by atoms with van der Waals surface area (Å²) in [5.41, 5.74) is 5.99. The van der Waals surface area contributed by atoms with E-state index in [0.29, 0.717) is 24.4 Å². The molecular formula is C15H31N3O. The van der Waals surface area contributed by atoms with Gasteiger partial charge in [0, 0.05) is 25.2 Å². The number of likely N-dealkylation sites (tertiary alicyclic amines) is 1. The molecule has 3 unspecified atom stereocenters. The highest BCUT2D eigenvalue weighted by atomic mass is 16.2. The number of carbonyl (C=O) groups is 1. The van der Waals surface area contributed by atoms with Crippen molar-refractivity contribution in [3.05, 3.63) is 0 Å². The molecule has 3 atom stereocenters. The average molecular weight is 269 g/mol. The number of hydrogen-bond acceptors (Lipinski definition) is 3. The second-order valence-corrected chi connectivity index (χ2v) is 6.60. The summed E-state index contributed by atoms with van der Waals surface area (Å²) < 4.78 is 0. The topological polar surface area (TPSA) is 58.4 Å². The summed E-state index contributed by atoms with van der Waals surface area (Å²) in [6.07, 6.45) is 3.22. The SMILES string of the molecule is CC(C)CCC(C)NC(=O)CN1CCC(N)C(C)C1. The third kappa shape index (κ3) is 6.39. The maximum absolute atomic E-state index is 12.0. The lowest BCUT2D eigenvalue weighted by Gasteiger charge is -2.34. The molecule has 1 amide bonds. The number of amides is 1. The first-order valence-corrected chi connectivity index (χ1v) is 7.65. The van der Waals surface area contributed by atoms with Crippen LogP contribution in [0.1, 0.15) is 47.0 Å². The first-order valence-electron chi connectivity index (χ1n) is 7.65. The number of nitrogens with one attached hydrogen (secondary N) is 1. The molecule has 1 fully saturated rings. The Hall–Kier alpha value is -0.610. The third-order valence-electron chi connectivity index (χ3n) is 4.01. The quantitative estimate of drug-likeness (QED) is 0.770. The van der Waals surface area contributed by atoms with E-state index in [4.69, 9.17) is 5.73 Å². The predicted octanol–water partition coefficient (Wildman–Crippen LogP) is 1.60. The third-order valence-corrected chi connectivity index (χ3v) is 4.01. The maximum Gasteiger partial charge on any atom is 0.234 e. The highest BCUT2D eigenvalue weighted by Gasteiger charge is 2.24. The van der Waals surface area contributed by atoms with E-state index >= 15 is 0 Å². The standard InChI is InChI=1S/C15H31N3O/c1-11(2)5-6-13(4)17-15(19)10-18-8-7-14(16)12(3)9-18/h11-14H,5-10,16H2,1-4H3,(H,17,19). The smallest absolute Gasteiger partial charge is 0.234 e. The Morgan fingerprint density at radius 3 is 2.63 bits per heavy atom. The Bertz CT molecular complexity index is 281. The summed E-state index contributed by atoms with van der Waals surface area (Å²) in [7, 11) is 0. The van der Waals surface area contributed by atoms with Crippen LogP contribution in [0.15, 0.2) is 0 Å². The average Bonchev–Trinajstić information content (AvgIpc) is 2.31. The van der Waals surface area contributed by atoms with E-state index in [1.807, 2.05) is 0 Å². The lowest BCUT2D eigenvalue weighted by Crippen LogP contribution is -2.49. The van der Waals surface area contributed by atoms with E-state index in [1.165, 1.54) is 0 Å². The number of carbonyl (C=O) groups excluding carboxylic acids is 1. The van der Waals surface area contributed by atoms with Gasteiger partial charge in [-0.1, -0.05) is 20.8 Å². The highest BCUT2D eigenvalue weighted by Crippen LogP contribution is 2.14. The Labute approximate surface area is 118 Å². The van der Waals surface area contributed by atoms with Crippen molar-refractivity contribution in [2.45, 2.75) is 59.0 Å². The van der Waals surface area contributed by atoms with Crippen LogP contribution in [0.2, 0.25) is 0 Å². The minimum absolute atomic E-state index is 0.152. The van der Waals surface area contributed by atoms with E-state index in [0.717, 1.165) is 32.4 Å². The van der Waals surface area contributed by atoms with E-state index < -0.39 is 0 Å². The van der Waals surface area contributed by atoms with Crippen LogP contribution in [0.3, 0.4) is 0 Å². The zero-order valence-electron chi connectivity index (χ0n) is 13.0. The second kappa shape index (κ2) is 7.85. The normalized spacial score (nSPS) is 26.4. The molecule has 4 nitrogen and oxygen atoms in total. The van der Waals surface area contributed by atoms with Crippen molar-refractivity contribution in [3.63, 3.8) is 0 Å². The van der Waals surface area contributed by atoms with Crippen LogP contribution in [0.4, 0.5) is 0 Å². The molecule has 1 aliphatic rings. The molecule has 4 heteroatoms. The highest BCUT2D eigenvalue weighted by molar-refractivity contribution is 5.78. The minimum Gasteiger partial charge on any atom is -0.353 e. The van der Waals surface area contributed by atoms with E-state index in [2.05, 4.69) is 37.9 Å². The summed E-state index contributed by atoms with van der Waals surface area (Å²) in [6.45, 7) is 11.1. The molecule has 19 heavy (non-hydrogen) atoms. The Kier molecular flexibility index (Phi) is 6.80. The molecular weight excluding hydrogens is 238 g/mol. The summed E-state index contributed by atoms with van der Waals surface area (Å²) in [6, 6.07) is 0.573. The van der Waals surface area contributed by atoms with Crippen LogP contribution in [-0.2, 0) is 4.79 Å². The largest absolute Gasteiger partial charge is 0.353 e. The van der Waals surface area contributed by atoms with Crippen LogP contribution >= 0.6 is 0 Å². The van der Waals surface area contributed by atoms with Gasteiger partial charge in [0.15, 0.2) is 0 Å². The molecule has 3 N–H and O–H groups in total. The van der Waals surface area contributed by atoms with Crippen molar-refractivity contribution in [2.75, 3.05) is 19.6 Å². The second-order valence-electron chi connectivity index (χ2n) is 6.60. The van der Waals surface area contributed by atoms with E-state index in [9.17, 15) is 4.79 Å². The number of nitrogens with two attached hydrogens (primary N) is 1. The van der Waals surface area contributed by atoms with Crippen LogP contribution < -0.4 is 11.1 Å². The monoisotopic (exact) mass is 269 g/mol. The van der Waals surface area contributed by atoms with E-state index in [1.54, 1.807) is 0 Å². The molecule has 1 saturated heterocycles. The van der Waals surface area contributed by atoms with Crippen LogP contribution in [-0.4, -0.2) is 42.5 Å². The van der Waals surface area contributed by atoms with Crippen molar-refractivity contribution in [2.24, 2.45) is 17.6 Å². The van der Waals surface area contributed by atoms with Gasteiger partial charge in [-0.25, -0.2) is 0 Å². The molecule has 0 radical (unpaired) electrons. The maximum atomic E-state index is 12.0. The number of piperidine rings is 1. The van der Waals surface area contributed by atoms with Gasteiger partial charge in [-0.05, 0) is 38.0 Å². The van der Waals surface area contributed by atoms with Gasteiger partial charge >= 0.3 is 0 Å². The molecule has 0 bridgehead atoms. The van der Waals surface area contributed by atoms with Crippen molar-refractivity contribution >= 4 is 5.91 Å². The fraction of sp³-hybridized carbons (Fsp3) is 0.933. The molecule has 0 aliphatic carbocycles. The van der Waals surface area contributed by atoms with Gasteiger partial charge in [0.25, 0.3) is 0 Å². The molecule has 0 aromatic heterocycles. The van der Waals surface area contributed by atoms with Crippen LogP contribution in [0.5, 0.6) is 0 Å². The summed E-state index contributed by atoms with van der Waals surface area (Å²) in [5, 5.41) is 3.10. The number of hydrogen-bond donors (Lipinski definition) is 2. The van der Waals surface area contributed by atoms with Gasteiger partial charge in [0.2, 0.25) is 5.91 Å². The van der Waals surface area contributed by atoms with Crippen molar-refractivity contribution in [1.82, 2.24) is 10.2 Å². The zero-order chi connectivity index (χ0) is 14.4. The molecule has 0 aromatic carbocycles. The predicted molar refractivity (Wildman–Crippen MR) is 79.9 cm³/mol. The van der Waals surface area contributed by atoms with Crippen molar-refractivity contribution in [3.8, 4) is 0 Å². The molecule has 1 aliphatic heterocycles. The molecule has 1 rings (SSSR count). The zero-order valence-corrected chi connectivity index (χ0v) is 13.0. The Morgan fingerprint density at radius 1 is 1.37 bits per heavy atom. The fourth-order valence-electron chi connectivity index (χ4n) is 2.57. The molecule has 0 spiro atoms. The first kappa shape index (κ1) is 16.4. The van der Waals surface area contributed by atoms with Gasteiger partial charge in [0.1, 0.15) is 0 Å². The van der Waals surface area contributed by atoms with Gasteiger partial charge in [-0.2, -0.15) is 0 Å². The summed E-state index contributed by atoms with van der Waals surface area (Å²) in [5.74, 6) is 1.34. The summed E-state index contributed by atoms with van der Waals surface area (Å²) >= 11 is 0. The van der Waals surface area contributed by atoms with Gasteiger partial charge in [-0.15, -0.1) is 0 Å². The van der Waals surface area contributed by atoms with Crippen LogP contribution in [0, 0.1) is 11.8 Å². The van der Waals surface area contributed by atoms with Gasteiger partial charge in [-0.3, -0.25) is 9.69 Å².